The minimum atomic E-state index is -0.457. The number of nitrogens with zero attached hydrogens (tertiary/aromatic N) is 7. The second kappa shape index (κ2) is 12.0. The van der Waals surface area contributed by atoms with Crippen LogP contribution in [0.1, 0.15) is 31.2 Å². The molecule has 10 nitrogen and oxygen atoms in total. The van der Waals surface area contributed by atoms with E-state index >= 15 is 0 Å². The summed E-state index contributed by atoms with van der Waals surface area (Å²) in [5.41, 5.74) is 4.92. The van der Waals surface area contributed by atoms with Gasteiger partial charge in [0.05, 0.1) is 11.4 Å². The molecule has 0 atom stereocenters. The van der Waals surface area contributed by atoms with E-state index in [1.54, 1.807) is 16.7 Å². The molecule has 0 aliphatic carbocycles. The van der Waals surface area contributed by atoms with Crippen LogP contribution in [0.15, 0.2) is 119 Å². The Hall–Kier alpha value is -5.90. The van der Waals surface area contributed by atoms with Crippen molar-refractivity contribution in [1.82, 2.24) is 39.3 Å². The lowest BCUT2D eigenvalue weighted by Crippen LogP contribution is -2.39. The van der Waals surface area contributed by atoms with Crippen LogP contribution in [0.3, 0.4) is 0 Å². The molecule has 0 fully saturated rings. The summed E-state index contributed by atoms with van der Waals surface area (Å²) in [6, 6.07) is 34.6. The van der Waals surface area contributed by atoms with Gasteiger partial charge in [0, 0.05) is 18.5 Å². The van der Waals surface area contributed by atoms with Crippen molar-refractivity contribution >= 4 is 11.2 Å². The van der Waals surface area contributed by atoms with Crippen LogP contribution < -0.4 is 11.2 Å². The molecule has 7 rings (SSSR count). The largest absolute Gasteiger partial charge is 0.342 e. The van der Waals surface area contributed by atoms with E-state index in [4.69, 9.17) is 4.98 Å². The Bertz CT molecular complexity index is 2200. The number of aromatic nitrogens is 8. The standard InChI is InChI=1S/C35H30N8O2/c1-2-3-18-30-36-33-31(34(44)43(27-14-8-5-9-15-27)35(45)42(33)26-12-6-4-7-13-26)41(30)23-24-19-21-25(22-20-24)28-16-10-11-17-29(28)32-37-39-40-38-32/h4-17,19-22H,2-3,18,23H2,1H3,(H,37,38,39,40). The summed E-state index contributed by atoms with van der Waals surface area (Å²) in [4.78, 5) is 33.3. The summed E-state index contributed by atoms with van der Waals surface area (Å²) in [6.07, 6.45) is 2.55. The zero-order valence-electron chi connectivity index (χ0n) is 24.7. The maximum Gasteiger partial charge on any atom is 0.342 e. The van der Waals surface area contributed by atoms with Gasteiger partial charge in [-0.05, 0) is 52.6 Å². The van der Waals surface area contributed by atoms with E-state index in [9.17, 15) is 9.59 Å². The number of aryl methyl sites for hydroxylation is 1. The Morgan fingerprint density at radius 3 is 2.02 bits per heavy atom. The number of H-pyrrole nitrogens is 1. The molecule has 0 radical (unpaired) electrons. The number of hydrogen-bond donors (Lipinski definition) is 1. The lowest BCUT2D eigenvalue weighted by atomic mass is 9.98. The molecule has 0 amide bonds. The van der Waals surface area contributed by atoms with Crippen molar-refractivity contribution in [2.45, 2.75) is 32.7 Å². The molecule has 0 saturated carbocycles. The maximum absolute atomic E-state index is 14.3. The predicted molar refractivity (Wildman–Crippen MR) is 174 cm³/mol. The monoisotopic (exact) mass is 594 g/mol. The number of hydrogen-bond acceptors (Lipinski definition) is 6. The number of para-hydroxylation sites is 2. The van der Waals surface area contributed by atoms with Crippen LogP contribution in [0.2, 0.25) is 0 Å². The van der Waals surface area contributed by atoms with Crippen molar-refractivity contribution in [3.05, 3.63) is 141 Å². The highest BCUT2D eigenvalue weighted by Gasteiger charge is 2.23. The highest BCUT2D eigenvalue weighted by Crippen LogP contribution is 2.30. The first-order valence-corrected chi connectivity index (χ1v) is 14.9. The van der Waals surface area contributed by atoms with E-state index in [1.165, 1.54) is 4.57 Å². The number of benzene rings is 4. The first kappa shape index (κ1) is 27.9. The maximum atomic E-state index is 14.3. The van der Waals surface area contributed by atoms with E-state index in [2.05, 4.69) is 51.8 Å². The fraction of sp³-hybridized carbons (Fsp3) is 0.143. The van der Waals surface area contributed by atoms with Gasteiger partial charge in [-0.1, -0.05) is 98.3 Å². The second-order valence-electron chi connectivity index (χ2n) is 10.8. The first-order valence-electron chi connectivity index (χ1n) is 14.9. The number of aromatic amines is 1. The number of rotatable bonds is 9. The van der Waals surface area contributed by atoms with Gasteiger partial charge in [0.2, 0.25) is 5.82 Å². The molecule has 0 aliphatic rings. The van der Waals surface area contributed by atoms with Gasteiger partial charge in [0.15, 0.2) is 11.2 Å². The number of imidazole rings is 1. The molecular formula is C35H30N8O2. The molecule has 10 heteroatoms. The molecule has 0 aliphatic heterocycles. The molecule has 222 valence electrons. The third-order valence-corrected chi connectivity index (χ3v) is 7.93. The van der Waals surface area contributed by atoms with Crippen LogP contribution in [0.4, 0.5) is 0 Å². The topological polar surface area (TPSA) is 116 Å². The molecule has 4 aromatic carbocycles. The fourth-order valence-electron chi connectivity index (χ4n) is 5.72. The van der Waals surface area contributed by atoms with Gasteiger partial charge in [-0.3, -0.25) is 4.79 Å². The van der Waals surface area contributed by atoms with Gasteiger partial charge < -0.3 is 4.57 Å². The number of nitrogens with one attached hydrogen (secondary N) is 1. The number of tetrazole rings is 1. The molecule has 7 aromatic rings. The minimum Gasteiger partial charge on any atom is -0.318 e. The third kappa shape index (κ3) is 5.16. The smallest absolute Gasteiger partial charge is 0.318 e. The Kier molecular flexibility index (Phi) is 7.44. The summed E-state index contributed by atoms with van der Waals surface area (Å²) in [7, 11) is 0. The molecule has 3 heterocycles. The zero-order chi connectivity index (χ0) is 30.8. The van der Waals surface area contributed by atoms with Crippen LogP contribution in [0.25, 0.3) is 45.1 Å². The normalized spacial score (nSPS) is 11.3. The van der Waals surface area contributed by atoms with Gasteiger partial charge in [-0.25, -0.2) is 18.9 Å². The molecule has 0 unspecified atom stereocenters. The van der Waals surface area contributed by atoms with Gasteiger partial charge in [-0.15, -0.1) is 10.2 Å². The Labute approximate surface area is 258 Å². The van der Waals surface area contributed by atoms with Crippen molar-refractivity contribution in [2.75, 3.05) is 0 Å². The van der Waals surface area contributed by atoms with E-state index in [0.717, 1.165) is 40.9 Å². The molecule has 0 saturated heterocycles. The summed E-state index contributed by atoms with van der Waals surface area (Å²) in [5.74, 6) is 1.30. The van der Waals surface area contributed by atoms with E-state index < -0.39 is 11.2 Å². The van der Waals surface area contributed by atoms with Crippen LogP contribution in [-0.4, -0.2) is 39.3 Å². The van der Waals surface area contributed by atoms with E-state index in [1.807, 2.05) is 77.4 Å². The van der Waals surface area contributed by atoms with Crippen LogP contribution in [-0.2, 0) is 13.0 Å². The SMILES string of the molecule is CCCCc1nc2c(c(=O)n(-c3ccccc3)c(=O)n2-c2ccccc2)n1Cc1ccc(-c2ccccc2-c2nn[nH]n2)cc1. The van der Waals surface area contributed by atoms with Crippen LogP contribution in [0.5, 0.6) is 0 Å². The van der Waals surface area contributed by atoms with Crippen molar-refractivity contribution < 1.29 is 0 Å². The van der Waals surface area contributed by atoms with Crippen molar-refractivity contribution in [3.8, 4) is 33.9 Å². The lowest BCUT2D eigenvalue weighted by molar-refractivity contribution is 0.687. The second-order valence-corrected chi connectivity index (χ2v) is 10.8. The van der Waals surface area contributed by atoms with Crippen LogP contribution in [0, 0.1) is 0 Å². The molecule has 45 heavy (non-hydrogen) atoms. The average Bonchev–Trinajstić information content (AvgIpc) is 3.74. The quantitative estimate of drug-likeness (QED) is 0.233. The lowest BCUT2D eigenvalue weighted by Gasteiger charge is -2.14. The Morgan fingerprint density at radius 1 is 0.733 bits per heavy atom. The molecule has 3 aromatic heterocycles. The van der Waals surface area contributed by atoms with Crippen molar-refractivity contribution in [1.29, 1.82) is 0 Å². The molecular weight excluding hydrogens is 564 g/mol. The van der Waals surface area contributed by atoms with Gasteiger partial charge >= 0.3 is 5.69 Å². The molecule has 0 bridgehead atoms. The van der Waals surface area contributed by atoms with Gasteiger partial charge in [-0.2, -0.15) is 5.21 Å². The summed E-state index contributed by atoms with van der Waals surface area (Å²) < 4.78 is 4.77. The average molecular weight is 595 g/mol. The summed E-state index contributed by atoms with van der Waals surface area (Å²) in [5, 5.41) is 14.6. The van der Waals surface area contributed by atoms with E-state index in [-0.39, 0.29) is 0 Å². The first-order chi connectivity index (χ1) is 22.1. The molecule has 0 spiro atoms. The van der Waals surface area contributed by atoms with E-state index in [0.29, 0.717) is 41.3 Å². The minimum absolute atomic E-state index is 0.361. The summed E-state index contributed by atoms with van der Waals surface area (Å²) >= 11 is 0. The predicted octanol–water partition coefficient (Wildman–Crippen LogP) is 5.58. The molecule has 1 N–H and O–H groups in total. The van der Waals surface area contributed by atoms with Crippen molar-refractivity contribution in [3.63, 3.8) is 0 Å². The number of fused-ring (bicyclic) bond motifs is 1. The van der Waals surface area contributed by atoms with Crippen molar-refractivity contribution in [2.24, 2.45) is 0 Å². The zero-order valence-corrected chi connectivity index (χ0v) is 24.7. The number of unbranched alkanes of at least 4 members (excludes halogenated alkanes) is 1. The fourth-order valence-corrected chi connectivity index (χ4v) is 5.72. The summed E-state index contributed by atoms with van der Waals surface area (Å²) in [6.45, 7) is 2.54. The highest BCUT2D eigenvalue weighted by atomic mass is 16.2. The van der Waals surface area contributed by atoms with Gasteiger partial charge in [0.25, 0.3) is 5.56 Å². The Balaban J connectivity index is 1.39. The van der Waals surface area contributed by atoms with Crippen LogP contribution >= 0.6 is 0 Å². The highest BCUT2D eigenvalue weighted by molar-refractivity contribution is 5.80. The van der Waals surface area contributed by atoms with Gasteiger partial charge in [0.1, 0.15) is 5.82 Å². The third-order valence-electron chi connectivity index (χ3n) is 7.93. The Morgan fingerprint density at radius 2 is 1.38 bits per heavy atom.